The Morgan fingerprint density at radius 2 is 2.08 bits per heavy atom. The van der Waals surface area contributed by atoms with Gasteiger partial charge in [0.1, 0.15) is 0 Å². The number of hydrogen-bond acceptors (Lipinski definition) is 2. The van der Waals surface area contributed by atoms with Gasteiger partial charge < -0.3 is 10.4 Å². The van der Waals surface area contributed by atoms with Crippen molar-refractivity contribution in [3.05, 3.63) is 35.9 Å². The third-order valence-electron chi connectivity index (χ3n) is 1.84. The van der Waals surface area contributed by atoms with Crippen LogP contribution in [0.5, 0.6) is 0 Å². The Balaban J connectivity index is 2.59. The lowest BCUT2D eigenvalue weighted by atomic mass is 10.1. The molecule has 1 aromatic carbocycles. The van der Waals surface area contributed by atoms with Gasteiger partial charge in [0.05, 0.1) is 12.5 Å². The van der Waals surface area contributed by atoms with Crippen LogP contribution in [-0.2, 0) is 4.79 Å². The fraction of sp³-hybridized carbons (Fsp3) is 0.300. The Morgan fingerprint density at radius 1 is 1.46 bits per heavy atom. The van der Waals surface area contributed by atoms with Crippen LogP contribution in [0.2, 0.25) is 0 Å². The van der Waals surface area contributed by atoms with E-state index in [9.17, 15) is 9.90 Å². The molecule has 13 heavy (non-hydrogen) atoms. The first-order chi connectivity index (χ1) is 6.24. The fourth-order valence-electron chi connectivity index (χ4n) is 1.07. The van der Waals surface area contributed by atoms with Crippen LogP contribution in [0.1, 0.15) is 18.1 Å². The van der Waals surface area contributed by atoms with E-state index in [4.69, 9.17) is 0 Å². The molecular weight excluding hydrogens is 166 g/mol. The number of aliphatic hydroxyl groups is 1. The molecule has 70 valence electrons. The quantitative estimate of drug-likeness (QED) is 0.723. The van der Waals surface area contributed by atoms with Gasteiger partial charge >= 0.3 is 0 Å². The summed E-state index contributed by atoms with van der Waals surface area (Å²) in [6, 6.07) is 9.14. The molecule has 1 rings (SSSR count). The third-order valence-corrected chi connectivity index (χ3v) is 1.84. The van der Waals surface area contributed by atoms with Gasteiger partial charge in [-0.3, -0.25) is 4.79 Å². The highest BCUT2D eigenvalue weighted by Gasteiger charge is 2.10. The van der Waals surface area contributed by atoms with Crippen LogP contribution in [0.3, 0.4) is 0 Å². The van der Waals surface area contributed by atoms with Crippen molar-refractivity contribution in [2.75, 3.05) is 7.05 Å². The Kier molecular flexibility index (Phi) is 3.46. The highest BCUT2D eigenvalue weighted by molar-refractivity contribution is 5.76. The fourth-order valence-corrected chi connectivity index (χ4v) is 1.07. The lowest BCUT2D eigenvalue weighted by molar-refractivity contribution is -0.122. The van der Waals surface area contributed by atoms with Gasteiger partial charge in [0.25, 0.3) is 0 Å². The summed E-state index contributed by atoms with van der Waals surface area (Å²) in [7, 11) is 1.56. The molecule has 0 radical (unpaired) electrons. The number of aliphatic hydroxyl groups excluding tert-OH is 1. The molecular formula is C10H13NO2. The molecule has 2 N–H and O–H groups in total. The van der Waals surface area contributed by atoms with E-state index in [0.717, 1.165) is 5.56 Å². The molecule has 1 atom stereocenters. The molecule has 3 nitrogen and oxygen atoms in total. The largest absolute Gasteiger partial charge is 0.388 e. The predicted molar refractivity (Wildman–Crippen MR) is 50.1 cm³/mol. The number of amides is 1. The summed E-state index contributed by atoms with van der Waals surface area (Å²) in [6.45, 7) is 0. The Labute approximate surface area is 77.4 Å². The number of benzene rings is 1. The van der Waals surface area contributed by atoms with E-state index in [-0.39, 0.29) is 12.3 Å². The van der Waals surface area contributed by atoms with Crippen molar-refractivity contribution in [2.24, 2.45) is 0 Å². The summed E-state index contributed by atoms with van der Waals surface area (Å²) in [5.74, 6) is -0.156. The van der Waals surface area contributed by atoms with E-state index in [2.05, 4.69) is 5.32 Å². The highest BCUT2D eigenvalue weighted by Crippen LogP contribution is 2.15. The van der Waals surface area contributed by atoms with Crippen molar-refractivity contribution < 1.29 is 9.90 Å². The van der Waals surface area contributed by atoms with Crippen LogP contribution in [0.25, 0.3) is 0 Å². The van der Waals surface area contributed by atoms with Crippen LogP contribution in [-0.4, -0.2) is 18.1 Å². The molecule has 0 bridgehead atoms. The molecule has 0 spiro atoms. The van der Waals surface area contributed by atoms with Crippen LogP contribution < -0.4 is 5.32 Å². The lowest BCUT2D eigenvalue weighted by Crippen LogP contribution is -2.20. The number of carbonyl (C=O) groups is 1. The lowest BCUT2D eigenvalue weighted by Gasteiger charge is -2.08. The first-order valence-electron chi connectivity index (χ1n) is 4.17. The van der Waals surface area contributed by atoms with Crippen molar-refractivity contribution >= 4 is 5.91 Å². The van der Waals surface area contributed by atoms with E-state index in [0.29, 0.717) is 0 Å². The smallest absolute Gasteiger partial charge is 0.222 e. The second kappa shape index (κ2) is 4.62. The van der Waals surface area contributed by atoms with E-state index in [1.165, 1.54) is 0 Å². The summed E-state index contributed by atoms with van der Waals surface area (Å²) in [6.07, 6.45) is -0.596. The Hall–Kier alpha value is -1.35. The Bertz CT molecular complexity index is 272. The maximum atomic E-state index is 10.9. The van der Waals surface area contributed by atoms with Crippen LogP contribution in [0.4, 0.5) is 0 Å². The summed E-state index contributed by atoms with van der Waals surface area (Å²) < 4.78 is 0. The van der Waals surface area contributed by atoms with Gasteiger partial charge in [-0.05, 0) is 5.56 Å². The van der Waals surface area contributed by atoms with E-state index >= 15 is 0 Å². The van der Waals surface area contributed by atoms with Crippen LogP contribution >= 0.6 is 0 Å². The van der Waals surface area contributed by atoms with Gasteiger partial charge in [0.2, 0.25) is 5.91 Å². The minimum absolute atomic E-state index is 0.112. The van der Waals surface area contributed by atoms with Gasteiger partial charge in [-0.2, -0.15) is 0 Å². The highest BCUT2D eigenvalue weighted by atomic mass is 16.3. The zero-order valence-corrected chi connectivity index (χ0v) is 7.53. The molecule has 0 aliphatic heterocycles. The second-order valence-corrected chi connectivity index (χ2v) is 2.80. The van der Waals surface area contributed by atoms with Crippen molar-refractivity contribution in [1.82, 2.24) is 5.32 Å². The summed E-state index contributed by atoms with van der Waals surface area (Å²) in [5.41, 5.74) is 0.770. The molecule has 0 fully saturated rings. The molecule has 3 heteroatoms. The monoisotopic (exact) mass is 179 g/mol. The number of carbonyl (C=O) groups excluding carboxylic acids is 1. The van der Waals surface area contributed by atoms with E-state index in [1.54, 1.807) is 19.2 Å². The molecule has 0 aliphatic carbocycles. The molecule has 0 aliphatic rings. The maximum Gasteiger partial charge on any atom is 0.222 e. The average Bonchev–Trinajstić information content (AvgIpc) is 2.19. The summed E-state index contributed by atoms with van der Waals surface area (Å²) in [4.78, 5) is 10.9. The van der Waals surface area contributed by atoms with Gasteiger partial charge in [0.15, 0.2) is 0 Å². The van der Waals surface area contributed by atoms with Gasteiger partial charge in [-0.1, -0.05) is 30.3 Å². The van der Waals surface area contributed by atoms with Crippen molar-refractivity contribution in [1.29, 1.82) is 0 Å². The number of hydrogen-bond donors (Lipinski definition) is 2. The average molecular weight is 179 g/mol. The molecule has 0 saturated heterocycles. The SMILES string of the molecule is CNC(=O)CC(O)c1ccccc1. The van der Waals surface area contributed by atoms with Crippen molar-refractivity contribution in [3.63, 3.8) is 0 Å². The number of nitrogens with one attached hydrogen (secondary N) is 1. The molecule has 1 amide bonds. The standard InChI is InChI=1S/C10H13NO2/c1-11-10(13)7-9(12)8-5-3-2-4-6-8/h2-6,9,12H,7H2,1H3,(H,11,13). The van der Waals surface area contributed by atoms with Gasteiger partial charge in [-0.15, -0.1) is 0 Å². The third kappa shape index (κ3) is 2.87. The molecule has 0 heterocycles. The molecule has 0 aromatic heterocycles. The first kappa shape index (κ1) is 9.74. The zero-order valence-electron chi connectivity index (χ0n) is 7.53. The van der Waals surface area contributed by atoms with Crippen molar-refractivity contribution in [3.8, 4) is 0 Å². The molecule has 1 unspecified atom stereocenters. The van der Waals surface area contributed by atoms with Crippen LogP contribution in [0, 0.1) is 0 Å². The first-order valence-corrected chi connectivity index (χ1v) is 4.17. The van der Waals surface area contributed by atoms with Crippen molar-refractivity contribution in [2.45, 2.75) is 12.5 Å². The van der Waals surface area contributed by atoms with Gasteiger partial charge in [0, 0.05) is 7.05 Å². The predicted octanol–water partition coefficient (Wildman–Crippen LogP) is 0.856. The normalized spacial score (nSPS) is 12.2. The second-order valence-electron chi connectivity index (χ2n) is 2.80. The summed E-state index contributed by atoms with van der Waals surface area (Å²) >= 11 is 0. The Morgan fingerprint density at radius 3 is 2.62 bits per heavy atom. The van der Waals surface area contributed by atoms with E-state index < -0.39 is 6.10 Å². The molecule has 1 aromatic rings. The number of rotatable bonds is 3. The minimum Gasteiger partial charge on any atom is -0.388 e. The topological polar surface area (TPSA) is 49.3 Å². The zero-order chi connectivity index (χ0) is 9.68. The van der Waals surface area contributed by atoms with Crippen LogP contribution in [0.15, 0.2) is 30.3 Å². The van der Waals surface area contributed by atoms with E-state index in [1.807, 2.05) is 18.2 Å². The minimum atomic E-state index is -0.707. The molecule has 0 saturated carbocycles. The maximum absolute atomic E-state index is 10.9. The summed E-state index contributed by atoms with van der Waals surface area (Å²) in [5, 5.41) is 12.0. The van der Waals surface area contributed by atoms with Gasteiger partial charge in [-0.25, -0.2) is 0 Å².